The minimum Gasteiger partial charge on any atom is -0.490 e. The van der Waals surface area contributed by atoms with E-state index in [1.54, 1.807) is 23.8 Å². The van der Waals surface area contributed by atoms with Crippen LogP contribution in [0, 0.1) is 0 Å². The molecule has 0 spiro atoms. The number of aromatic carboxylic acids is 1. The summed E-state index contributed by atoms with van der Waals surface area (Å²) >= 11 is 0. The Morgan fingerprint density at radius 3 is 2.84 bits per heavy atom. The van der Waals surface area contributed by atoms with Gasteiger partial charge in [0, 0.05) is 31.0 Å². The Bertz CT molecular complexity index is 835. The number of carboxylic acid groups (broad SMARTS) is 1. The second-order valence-electron chi connectivity index (χ2n) is 7.45. The molecule has 0 radical (unpaired) electrons. The van der Waals surface area contributed by atoms with E-state index in [4.69, 9.17) is 19.2 Å². The van der Waals surface area contributed by atoms with Crippen LogP contribution in [0.1, 0.15) is 42.7 Å². The summed E-state index contributed by atoms with van der Waals surface area (Å²) < 4.78 is 18.6. The molecule has 0 aromatic carbocycles. The molecular weight excluding hydrogens is 324 g/mol. The Labute approximate surface area is 145 Å². The lowest BCUT2D eigenvalue weighted by Gasteiger charge is -2.43. The highest BCUT2D eigenvalue weighted by molar-refractivity contribution is 5.91. The number of imidazole rings is 1. The molecule has 1 saturated carbocycles. The summed E-state index contributed by atoms with van der Waals surface area (Å²) in [6.45, 7) is 4.95. The van der Waals surface area contributed by atoms with Crippen molar-refractivity contribution in [2.45, 2.75) is 43.8 Å². The van der Waals surface area contributed by atoms with Crippen molar-refractivity contribution >= 4 is 11.6 Å². The summed E-state index contributed by atoms with van der Waals surface area (Å²) in [6.07, 6.45) is 5.14. The Hall–Kier alpha value is -2.12. The summed E-state index contributed by atoms with van der Waals surface area (Å²) in [5, 5.41) is 9.46. The SMILES string of the molecule is COCC12CC(c3cn4cc(C(=O)O)c(OC(C)C)cc4n3)(CO1)C2. The van der Waals surface area contributed by atoms with Gasteiger partial charge in [-0.1, -0.05) is 0 Å². The number of hydrogen-bond donors (Lipinski definition) is 1. The first kappa shape index (κ1) is 16.4. The van der Waals surface area contributed by atoms with Gasteiger partial charge < -0.3 is 23.7 Å². The molecule has 0 atom stereocenters. The van der Waals surface area contributed by atoms with Gasteiger partial charge >= 0.3 is 5.97 Å². The molecule has 2 saturated heterocycles. The lowest BCUT2D eigenvalue weighted by molar-refractivity contribution is -0.0614. The lowest BCUT2D eigenvalue weighted by Crippen LogP contribution is -2.49. The molecule has 3 aliphatic rings. The molecule has 7 heteroatoms. The third kappa shape index (κ3) is 2.49. The van der Waals surface area contributed by atoms with Crippen molar-refractivity contribution in [3.63, 3.8) is 0 Å². The first-order valence-corrected chi connectivity index (χ1v) is 8.43. The number of ether oxygens (including phenoxy) is 3. The molecule has 2 aromatic heterocycles. The van der Waals surface area contributed by atoms with E-state index >= 15 is 0 Å². The Morgan fingerprint density at radius 2 is 2.20 bits per heavy atom. The molecular formula is C18H22N2O5. The molecule has 0 unspecified atom stereocenters. The lowest BCUT2D eigenvalue weighted by atomic mass is 9.61. The van der Waals surface area contributed by atoms with Crippen molar-refractivity contribution in [1.82, 2.24) is 9.38 Å². The van der Waals surface area contributed by atoms with Gasteiger partial charge in [-0.3, -0.25) is 0 Å². The highest BCUT2D eigenvalue weighted by Crippen LogP contribution is 2.58. The molecule has 2 aromatic rings. The second kappa shape index (κ2) is 5.44. The summed E-state index contributed by atoms with van der Waals surface area (Å²) in [5.41, 5.74) is 1.49. The van der Waals surface area contributed by atoms with Gasteiger partial charge in [-0.25, -0.2) is 9.78 Å². The first-order valence-electron chi connectivity index (χ1n) is 8.43. The molecule has 2 aliphatic heterocycles. The van der Waals surface area contributed by atoms with E-state index < -0.39 is 5.97 Å². The van der Waals surface area contributed by atoms with E-state index in [0.717, 1.165) is 18.5 Å². The number of aromatic nitrogens is 2. The number of nitrogens with zero attached hydrogens (tertiary/aromatic N) is 2. The van der Waals surface area contributed by atoms with Crippen LogP contribution in [0.15, 0.2) is 18.5 Å². The van der Waals surface area contributed by atoms with Gasteiger partial charge in [-0.05, 0) is 26.7 Å². The smallest absolute Gasteiger partial charge is 0.341 e. The normalized spacial score (nSPS) is 27.7. The zero-order valence-corrected chi connectivity index (χ0v) is 14.6. The quantitative estimate of drug-likeness (QED) is 0.864. The fourth-order valence-electron chi connectivity index (χ4n) is 4.12. The molecule has 1 N–H and O–H groups in total. The molecule has 0 amide bonds. The number of pyridine rings is 1. The van der Waals surface area contributed by atoms with Crippen LogP contribution in [0.2, 0.25) is 0 Å². The first-order chi connectivity index (χ1) is 11.9. The van der Waals surface area contributed by atoms with Crippen LogP contribution in [-0.4, -0.2) is 52.5 Å². The predicted octanol–water partition coefficient (Wildman–Crippen LogP) is 2.27. The predicted molar refractivity (Wildman–Crippen MR) is 89.4 cm³/mol. The maximum Gasteiger partial charge on any atom is 0.341 e. The number of fused-ring (bicyclic) bond motifs is 2. The van der Waals surface area contributed by atoms with Crippen LogP contribution in [0.5, 0.6) is 5.75 Å². The molecule has 134 valence electrons. The van der Waals surface area contributed by atoms with Gasteiger partial charge in [-0.2, -0.15) is 0 Å². The van der Waals surface area contributed by atoms with Crippen LogP contribution < -0.4 is 4.74 Å². The van der Waals surface area contributed by atoms with Gasteiger partial charge in [0.15, 0.2) is 0 Å². The van der Waals surface area contributed by atoms with E-state index in [1.165, 1.54) is 0 Å². The van der Waals surface area contributed by atoms with E-state index in [9.17, 15) is 9.90 Å². The molecule has 4 heterocycles. The largest absolute Gasteiger partial charge is 0.490 e. The number of rotatable bonds is 6. The van der Waals surface area contributed by atoms with Crippen molar-refractivity contribution < 1.29 is 24.1 Å². The number of methoxy groups -OCH3 is 1. The van der Waals surface area contributed by atoms with Gasteiger partial charge in [-0.15, -0.1) is 0 Å². The second-order valence-corrected chi connectivity index (χ2v) is 7.45. The molecule has 7 nitrogen and oxygen atoms in total. The average molecular weight is 346 g/mol. The van der Waals surface area contributed by atoms with Crippen molar-refractivity contribution in [2.75, 3.05) is 20.3 Å². The van der Waals surface area contributed by atoms with Crippen molar-refractivity contribution in [3.05, 3.63) is 29.7 Å². The van der Waals surface area contributed by atoms with E-state index in [0.29, 0.717) is 24.6 Å². The number of hydrogen-bond acceptors (Lipinski definition) is 5. The van der Waals surface area contributed by atoms with E-state index in [1.807, 2.05) is 20.0 Å². The minimum absolute atomic E-state index is 0.0903. The average Bonchev–Trinajstić information content (AvgIpc) is 3.16. The van der Waals surface area contributed by atoms with E-state index in [2.05, 4.69) is 0 Å². The third-order valence-electron chi connectivity index (χ3n) is 5.07. The summed E-state index contributed by atoms with van der Waals surface area (Å²) in [5.74, 6) is -0.674. The molecule has 2 bridgehead atoms. The maximum atomic E-state index is 11.5. The summed E-state index contributed by atoms with van der Waals surface area (Å²) in [4.78, 5) is 16.3. The zero-order chi connectivity index (χ0) is 17.8. The van der Waals surface area contributed by atoms with Crippen LogP contribution >= 0.6 is 0 Å². The molecule has 5 rings (SSSR count). The van der Waals surface area contributed by atoms with Crippen molar-refractivity contribution in [3.8, 4) is 5.75 Å². The Balaban J connectivity index is 1.71. The van der Waals surface area contributed by atoms with Crippen LogP contribution in [0.3, 0.4) is 0 Å². The van der Waals surface area contributed by atoms with Crippen LogP contribution in [0.25, 0.3) is 5.65 Å². The standard InChI is InChI=1S/C18H22N2O5/c1-11(2)25-13-4-15-19-14(6-20(15)5-12(13)16(21)22)17-7-18(8-17,10-23-3)24-9-17/h4-6,11H,7-10H2,1-3H3,(H,21,22). The van der Waals surface area contributed by atoms with Gasteiger partial charge in [0.2, 0.25) is 0 Å². The van der Waals surface area contributed by atoms with Crippen molar-refractivity contribution in [2.24, 2.45) is 0 Å². The number of carboxylic acids is 1. The summed E-state index contributed by atoms with van der Waals surface area (Å²) in [6, 6.07) is 1.69. The topological polar surface area (TPSA) is 82.3 Å². The summed E-state index contributed by atoms with van der Waals surface area (Å²) in [7, 11) is 1.69. The molecule has 3 fully saturated rings. The zero-order valence-electron chi connectivity index (χ0n) is 14.6. The Morgan fingerprint density at radius 1 is 1.44 bits per heavy atom. The fraction of sp³-hybridized carbons (Fsp3) is 0.556. The van der Waals surface area contributed by atoms with Crippen LogP contribution in [0.4, 0.5) is 0 Å². The van der Waals surface area contributed by atoms with E-state index in [-0.39, 0.29) is 22.7 Å². The molecule has 1 aliphatic carbocycles. The van der Waals surface area contributed by atoms with Gasteiger partial charge in [0.1, 0.15) is 17.0 Å². The van der Waals surface area contributed by atoms with Crippen LogP contribution in [-0.2, 0) is 14.9 Å². The highest BCUT2D eigenvalue weighted by Gasteiger charge is 2.64. The maximum absolute atomic E-state index is 11.5. The Kier molecular flexibility index (Phi) is 3.56. The van der Waals surface area contributed by atoms with Gasteiger partial charge in [0.25, 0.3) is 0 Å². The number of carbonyl (C=O) groups is 1. The monoisotopic (exact) mass is 346 g/mol. The minimum atomic E-state index is -1.02. The third-order valence-corrected chi connectivity index (χ3v) is 5.07. The molecule has 25 heavy (non-hydrogen) atoms. The fourth-order valence-corrected chi connectivity index (χ4v) is 4.12. The highest BCUT2D eigenvalue weighted by atomic mass is 16.5. The van der Waals surface area contributed by atoms with Crippen molar-refractivity contribution in [1.29, 1.82) is 0 Å². The van der Waals surface area contributed by atoms with Gasteiger partial charge in [0.05, 0.1) is 30.6 Å².